The number of ether oxygens (including phenoxy) is 1. The molecule has 5 nitrogen and oxygen atoms in total. The Morgan fingerprint density at radius 3 is 1.67 bits per heavy atom. The molecule has 0 aliphatic carbocycles. The van der Waals surface area contributed by atoms with E-state index in [9.17, 15) is 0 Å². The summed E-state index contributed by atoms with van der Waals surface area (Å²) in [5.74, 6) is 0. The molecule has 178 valence electrons. The molecule has 3 fully saturated rings. The molecule has 3 saturated heterocycles. The molecule has 0 unspecified atom stereocenters. The van der Waals surface area contributed by atoms with Gasteiger partial charge in [-0.05, 0) is 0 Å². The summed E-state index contributed by atoms with van der Waals surface area (Å²) in [4.78, 5) is 0. The van der Waals surface area contributed by atoms with Crippen LogP contribution in [0.3, 0.4) is 0 Å². The van der Waals surface area contributed by atoms with Crippen LogP contribution in [0, 0.1) is 10.8 Å². The maximum absolute atomic E-state index is 6.31. The van der Waals surface area contributed by atoms with Crippen molar-refractivity contribution in [2.24, 2.45) is 10.8 Å². The number of rotatable bonds is 5. The second kappa shape index (κ2) is 11.0. The summed E-state index contributed by atoms with van der Waals surface area (Å²) in [7, 11) is 3.74. The SMILES string of the molecule is CCCC1(C)COP(=S)(S[Te]2(#SP3(=S)OCC(C)(CCC)CO3)CCOCC2)OC1. The average Bonchev–Trinajstić information content (AvgIpc) is 2.69. The third-order valence-electron chi connectivity index (χ3n) is 5.52. The molecule has 0 spiro atoms. The van der Waals surface area contributed by atoms with Crippen molar-refractivity contribution in [2.45, 2.75) is 62.3 Å². The van der Waals surface area contributed by atoms with Crippen molar-refractivity contribution in [3.63, 3.8) is 0 Å². The van der Waals surface area contributed by atoms with E-state index in [1.165, 1.54) is 0 Å². The maximum atomic E-state index is 6.31. The quantitative estimate of drug-likeness (QED) is 0.231. The van der Waals surface area contributed by atoms with Gasteiger partial charge in [0, 0.05) is 0 Å². The summed E-state index contributed by atoms with van der Waals surface area (Å²) in [6.07, 6.45) is 4.45. The minimum absolute atomic E-state index is 0.0758. The topological polar surface area (TPSA) is 46.2 Å². The molecule has 12 heteroatoms. The van der Waals surface area contributed by atoms with Gasteiger partial charge in [0.25, 0.3) is 0 Å². The van der Waals surface area contributed by atoms with E-state index < -0.39 is 26.0 Å². The van der Waals surface area contributed by atoms with Gasteiger partial charge in [0.2, 0.25) is 0 Å². The Morgan fingerprint density at radius 2 is 1.23 bits per heavy atom. The van der Waals surface area contributed by atoms with E-state index in [1.807, 2.05) is 16.4 Å². The van der Waals surface area contributed by atoms with Crippen LogP contribution in [0.4, 0.5) is 0 Å². The van der Waals surface area contributed by atoms with Gasteiger partial charge in [-0.15, -0.1) is 0 Å². The summed E-state index contributed by atoms with van der Waals surface area (Å²) >= 11 is 9.28. The van der Waals surface area contributed by atoms with Crippen molar-refractivity contribution in [3.05, 3.63) is 0 Å². The van der Waals surface area contributed by atoms with Crippen LogP contribution < -0.4 is 0 Å². The Hall–Kier alpha value is 2.46. The van der Waals surface area contributed by atoms with Crippen molar-refractivity contribution in [1.29, 1.82) is 0 Å². The van der Waals surface area contributed by atoms with Crippen LogP contribution in [0.1, 0.15) is 53.4 Å². The second-order valence-corrected chi connectivity index (χ2v) is 44.4. The molecule has 0 bridgehead atoms. The summed E-state index contributed by atoms with van der Waals surface area (Å²) in [5, 5.41) is 0. The Morgan fingerprint density at radius 1 is 0.800 bits per heavy atom. The van der Waals surface area contributed by atoms with Gasteiger partial charge in [-0.2, -0.15) is 0 Å². The first-order chi connectivity index (χ1) is 14.1. The molecule has 0 amide bonds. The van der Waals surface area contributed by atoms with Gasteiger partial charge in [-0.3, -0.25) is 0 Å². The molecule has 30 heavy (non-hydrogen) atoms. The fourth-order valence-electron chi connectivity index (χ4n) is 3.75. The summed E-state index contributed by atoms with van der Waals surface area (Å²) in [6, 6.07) is 0. The van der Waals surface area contributed by atoms with Crippen LogP contribution in [-0.2, 0) is 46.4 Å². The van der Waals surface area contributed by atoms with Gasteiger partial charge in [0.15, 0.2) is 0 Å². The van der Waals surface area contributed by atoms with Gasteiger partial charge in [0.1, 0.15) is 0 Å². The van der Waals surface area contributed by atoms with Crippen molar-refractivity contribution < 1.29 is 22.8 Å². The first-order valence-electron chi connectivity index (χ1n) is 10.6. The molecule has 0 atom stereocenters. The van der Waals surface area contributed by atoms with Crippen LogP contribution in [0.5, 0.6) is 0 Å². The van der Waals surface area contributed by atoms with Gasteiger partial charge >= 0.3 is 202 Å². The zero-order valence-corrected chi connectivity index (χ0v) is 25.8. The molecular weight excluding hydrogens is 614 g/mol. The summed E-state index contributed by atoms with van der Waals surface area (Å²) in [6.45, 7) is 13.2. The minimum atomic E-state index is -2.69. The first kappa shape index (κ1) is 27.1. The average molecular weight is 650 g/mol. The molecule has 0 aromatic heterocycles. The molecule has 0 aromatic rings. The second-order valence-electron chi connectivity index (χ2n) is 9.02. The van der Waals surface area contributed by atoms with E-state index >= 15 is 0 Å². The molecule has 0 saturated carbocycles. The molecule has 3 aliphatic rings. The zero-order chi connectivity index (χ0) is 21.9. The fourth-order valence-corrected chi connectivity index (χ4v) is 81.1. The van der Waals surface area contributed by atoms with Crippen molar-refractivity contribution in [2.75, 3.05) is 39.6 Å². The van der Waals surface area contributed by atoms with Gasteiger partial charge in [-0.1, -0.05) is 0 Å². The van der Waals surface area contributed by atoms with Crippen LogP contribution in [0.25, 0.3) is 0 Å². The Kier molecular flexibility index (Phi) is 9.94. The molecular formula is C18H36O5P2S4Te. The molecule has 0 radical (unpaired) electrons. The van der Waals surface area contributed by atoms with Crippen LogP contribution in [0.2, 0.25) is 8.94 Å². The van der Waals surface area contributed by atoms with E-state index in [1.54, 1.807) is 0 Å². The molecule has 3 aliphatic heterocycles. The molecule has 3 heterocycles. The van der Waals surface area contributed by atoms with Crippen molar-refractivity contribution >= 4 is 66.1 Å². The van der Waals surface area contributed by atoms with E-state index in [2.05, 4.69) is 27.7 Å². The van der Waals surface area contributed by atoms with Crippen molar-refractivity contribution in [3.8, 4) is 0 Å². The van der Waals surface area contributed by atoms with E-state index in [0.717, 1.165) is 47.8 Å². The fraction of sp³-hybridized carbons (Fsp3) is 1.00. The molecule has 3 rings (SSSR count). The Balaban J connectivity index is 1.80. The van der Waals surface area contributed by atoms with E-state index in [4.69, 9.17) is 46.4 Å². The molecule has 0 aromatic carbocycles. The number of hydrogen-bond donors (Lipinski definition) is 0. The van der Waals surface area contributed by atoms with Crippen LogP contribution in [0.15, 0.2) is 0 Å². The number of hydrogen-bond acceptors (Lipinski definition) is 8. The monoisotopic (exact) mass is 652 g/mol. The normalized spacial score (nSPS) is 42.0. The third-order valence-corrected chi connectivity index (χ3v) is 60.5. The van der Waals surface area contributed by atoms with Crippen LogP contribution >= 0.6 is 27.8 Å². The van der Waals surface area contributed by atoms with Gasteiger partial charge in [-0.25, -0.2) is 0 Å². The third kappa shape index (κ3) is 7.23. The predicted octanol–water partition coefficient (Wildman–Crippen LogP) is 7.08. The predicted molar refractivity (Wildman–Crippen MR) is 140 cm³/mol. The zero-order valence-electron chi connectivity index (χ0n) is 18.5. The van der Waals surface area contributed by atoms with Gasteiger partial charge in [0.05, 0.1) is 0 Å². The first-order valence-corrected chi connectivity index (χ1v) is 27.6. The van der Waals surface area contributed by atoms with Crippen molar-refractivity contribution in [1.82, 2.24) is 0 Å². The van der Waals surface area contributed by atoms with E-state index in [-0.39, 0.29) is 10.8 Å². The Bertz CT molecular complexity index is 803. The Labute approximate surface area is 200 Å². The summed E-state index contributed by atoms with van der Waals surface area (Å²) in [5.41, 5.74) is -4.58. The van der Waals surface area contributed by atoms with Gasteiger partial charge < -0.3 is 0 Å². The summed E-state index contributed by atoms with van der Waals surface area (Å²) < 4.78 is 33.0. The molecule has 0 N–H and O–H groups in total. The van der Waals surface area contributed by atoms with E-state index in [0.29, 0.717) is 26.4 Å². The van der Waals surface area contributed by atoms with Crippen LogP contribution in [-0.4, -0.2) is 54.3 Å². The standard InChI is InChI=1S/C18H36O5P2S4Te/c1-5-7-17(3)13-20-24(26,21-14-17)28-30(11-9-19-10-12-30)29-25(27)22-15-18(4,8-6-2)16-23-25/h5-16H2,1-4H3.